The Morgan fingerprint density at radius 3 is 1.59 bits per heavy atom. The van der Waals surface area contributed by atoms with E-state index in [0.717, 1.165) is 29.5 Å². The van der Waals surface area contributed by atoms with E-state index in [0.29, 0.717) is 111 Å². The summed E-state index contributed by atoms with van der Waals surface area (Å²) in [7, 11) is 4.43. The van der Waals surface area contributed by atoms with Crippen LogP contribution in [0.15, 0.2) is 75.7 Å². The number of fused-ring (bicyclic) bond motifs is 4. The second-order valence-electron chi connectivity index (χ2n) is 18.4. The Morgan fingerprint density at radius 2 is 1.14 bits per heavy atom. The zero-order chi connectivity index (χ0) is 52.6. The molecule has 18 nitrogen and oxygen atoms in total. The van der Waals surface area contributed by atoms with Gasteiger partial charge in [0.05, 0.1) is 121 Å². The maximum Gasteiger partial charge on any atom is 0.307 e. The molecule has 0 aromatic heterocycles. The largest absolute Gasteiger partial charge is 0.493 e. The highest BCUT2D eigenvalue weighted by Crippen LogP contribution is 2.42. The number of amides is 3. The van der Waals surface area contributed by atoms with E-state index in [9.17, 15) is 19.2 Å². The number of carbonyl (C=O) groups is 4. The summed E-state index contributed by atoms with van der Waals surface area (Å²) in [5.41, 5.74) is 6.91. The number of allylic oxidation sites excluding steroid dienone is 2. The van der Waals surface area contributed by atoms with E-state index in [1.54, 1.807) is 38.5 Å². The van der Waals surface area contributed by atoms with Crippen molar-refractivity contribution in [2.45, 2.75) is 77.0 Å². The zero-order valence-corrected chi connectivity index (χ0v) is 44.3. The molecule has 2 atom stereocenters. The molecule has 4 aliphatic rings. The highest BCUT2D eigenvalue weighted by molar-refractivity contribution is 8.00. The number of carbonyl (C=O) groups excluding carboxylic acids is 4. The van der Waals surface area contributed by atoms with Crippen molar-refractivity contribution >= 4 is 59.3 Å². The van der Waals surface area contributed by atoms with Crippen molar-refractivity contribution in [1.29, 1.82) is 0 Å². The first-order valence-electron chi connectivity index (χ1n) is 24.9. The van der Waals surface area contributed by atoms with Gasteiger partial charge in [0, 0.05) is 48.9 Å². The second kappa shape index (κ2) is 26.8. The van der Waals surface area contributed by atoms with Gasteiger partial charge >= 0.3 is 5.97 Å². The number of benzene rings is 3. The van der Waals surface area contributed by atoms with E-state index < -0.39 is 4.75 Å². The molecule has 74 heavy (non-hydrogen) atoms. The van der Waals surface area contributed by atoms with Crippen LogP contribution in [-0.4, -0.2) is 158 Å². The third kappa shape index (κ3) is 14.5. The van der Waals surface area contributed by atoms with Gasteiger partial charge in [0.2, 0.25) is 5.91 Å². The van der Waals surface area contributed by atoms with Crippen molar-refractivity contribution in [2.75, 3.05) is 99.6 Å². The number of ether oxygens (including phenoxy) is 9. The van der Waals surface area contributed by atoms with Crippen molar-refractivity contribution in [1.82, 2.24) is 15.1 Å². The van der Waals surface area contributed by atoms with Crippen molar-refractivity contribution < 1.29 is 61.8 Å². The van der Waals surface area contributed by atoms with Crippen LogP contribution in [0, 0.1) is 0 Å². The summed E-state index contributed by atoms with van der Waals surface area (Å²) in [5.74, 6) is 1.22. The molecule has 0 saturated carbocycles. The summed E-state index contributed by atoms with van der Waals surface area (Å²) in [4.78, 5) is 64.9. The van der Waals surface area contributed by atoms with Crippen LogP contribution < -0.4 is 24.3 Å². The van der Waals surface area contributed by atoms with Crippen LogP contribution in [0.2, 0.25) is 0 Å². The molecule has 2 saturated heterocycles. The molecule has 0 bridgehead atoms. The summed E-state index contributed by atoms with van der Waals surface area (Å²) >= 11 is 1.50. The Balaban J connectivity index is 0.982. The Labute approximate surface area is 437 Å². The Hall–Kier alpha value is -6.25. The first kappa shape index (κ1) is 55.5. The number of nitrogens with one attached hydrogen (secondary N) is 1. The topological polar surface area (TPSA) is 195 Å². The molecular weight excluding hydrogens is 971 g/mol. The lowest BCUT2D eigenvalue weighted by Gasteiger charge is -2.26. The lowest BCUT2D eigenvalue weighted by atomic mass is 9.97. The third-order valence-corrected chi connectivity index (χ3v) is 14.5. The minimum Gasteiger partial charge on any atom is -0.493 e. The summed E-state index contributed by atoms with van der Waals surface area (Å²) < 4.78 is 50.6. The van der Waals surface area contributed by atoms with Crippen LogP contribution >= 0.6 is 11.8 Å². The smallest absolute Gasteiger partial charge is 0.307 e. The molecule has 3 aromatic rings. The minimum absolute atomic E-state index is 0.105. The summed E-state index contributed by atoms with van der Waals surface area (Å²) in [5, 5.41) is 2.95. The van der Waals surface area contributed by atoms with Gasteiger partial charge in [0.1, 0.15) is 13.2 Å². The van der Waals surface area contributed by atoms with E-state index in [2.05, 4.69) is 48.2 Å². The van der Waals surface area contributed by atoms with E-state index in [-0.39, 0.29) is 67.8 Å². The standard InChI is InChI=1S/C55H69N5O13S/c1-8-36-23-41-29-57-45-27-49(47(65-5)25-43(45)53(63)59(41)31-36)72-33-38-20-39(34-73-50-28-46-44(26-48(50)66-6)54(64)60-32-37(9-2)24-42(60)30-58-46)22-40(21-38)55(3,4)74-35-51(61)56-11-13-69-15-17-71-19-18-70-16-14-68-12-10-52(62)67-7/h8-9,20-22,25-30,41-42H,10-19,23-24,31-35H2,1-7H3,(H,56,61)/t41-,42-/m0/s1. The Bertz CT molecular complexity index is 2480. The normalized spacial score (nSPS) is 17.9. The second-order valence-corrected chi connectivity index (χ2v) is 20.0. The highest BCUT2D eigenvalue weighted by Gasteiger charge is 2.36. The molecule has 7 rings (SSSR count). The number of hydrogen-bond acceptors (Lipinski definition) is 16. The number of thioether (sulfide) groups is 1. The molecule has 1 N–H and O–H groups in total. The third-order valence-electron chi connectivity index (χ3n) is 13.1. The molecule has 2 fully saturated rings. The number of esters is 1. The van der Waals surface area contributed by atoms with Gasteiger partial charge < -0.3 is 57.7 Å². The number of methoxy groups -OCH3 is 3. The van der Waals surface area contributed by atoms with Crippen LogP contribution in [-0.2, 0) is 51.2 Å². The van der Waals surface area contributed by atoms with Gasteiger partial charge in [0.25, 0.3) is 11.8 Å². The van der Waals surface area contributed by atoms with Crippen molar-refractivity contribution in [3.05, 3.63) is 93.6 Å². The SMILES string of the molecule is CC=C1C[C@H]2C=Nc3cc(OCc4cc(COc5cc6c(cc5OC)C(=O)N5CC(=CC)C[C@H]5C=N6)cc(C(C)(C)SCC(=O)NCCOCCOCCOCCOCCC(=O)OC)c4)c(OC)cc3C(=O)N2C1. The predicted octanol–water partition coefficient (Wildman–Crippen LogP) is 7.33. The Kier molecular flexibility index (Phi) is 20.1. The van der Waals surface area contributed by atoms with Crippen molar-refractivity contribution in [2.24, 2.45) is 9.98 Å². The van der Waals surface area contributed by atoms with Crippen LogP contribution in [0.5, 0.6) is 23.0 Å². The number of aliphatic imine (C=N–C) groups is 2. The number of hydrogen-bond donors (Lipinski definition) is 1. The predicted molar refractivity (Wildman–Crippen MR) is 282 cm³/mol. The van der Waals surface area contributed by atoms with Crippen molar-refractivity contribution in [3.8, 4) is 23.0 Å². The van der Waals surface area contributed by atoms with Gasteiger partial charge in [-0.25, -0.2) is 0 Å². The molecule has 398 valence electrons. The maximum atomic E-state index is 13.8. The fourth-order valence-corrected chi connectivity index (χ4v) is 9.67. The summed E-state index contributed by atoms with van der Waals surface area (Å²) in [6.07, 6.45) is 9.49. The minimum atomic E-state index is -0.550. The fourth-order valence-electron chi connectivity index (χ4n) is 8.79. The Morgan fingerprint density at radius 1 is 0.662 bits per heavy atom. The maximum absolute atomic E-state index is 13.8. The molecule has 4 heterocycles. The molecule has 19 heteroatoms. The monoisotopic (exact) mass is 1040 g/mol. The number of rotatable bonds is 27. The van der Waals surface area contributed by atoms with E-state index >= 15 is 0 Å². The highest BCUT2D eigenvalue weighted by atomic mass is 32.2. The van der Waals surface area contributed by atoms with Gasteiger partial charge in [-0.15, -0.1) is 11.8 Å². The average molecular weight is 1040 g/mol. The van der Waals surface area contributed by atoms with Gasteiger partial charge in [0.15, 0.2) is 23.0 Å². The molecule has 0 aliphatic carbocycles. The van der Waals surface area contributed by atoms with Gasteiger partial charge in [-0.1, -0.05) is 35.4 Å². The molecule has 0 radical (unpaired) electrons. The first-order valence-corrected chi connectivity index (χ1v) is 25.9. The van der Waals surface area contributed by atoms with E-state index in [1.165, 1.54) is 30.0 Å². The molecular formula is C55H69N5O13S. The molecule has 3 aromatic carbocycles. The average Bonchev–Trinajstić information content (AvgIpc) is 3.98. The molecule has 4 aliphatic heterocycles. The van der Waals surface area contributed by atoms with Crippen LogP contribution in [0.25, 0.3) is 0 Å². The molecule has 0 unspecified atom stereocenters. The number of nitrogens with zero attached hydrogens (tertiary/aromatic N) is 4. The van der Waals surface area contributed by atoms with Crippen LogP contribution in [0.4, 0.5) is 11.4 Å². The van der Waals surface area contributed by atoms with E-state index in [1.807, 2.05) is 42.1 Å². The van der Waals surface area contributed by atoms with Crippen molar-refractivity contribution in [3.63, 3.8) is 0 Å². The fraction of sp³-hybridized carbons (Fsp3) is 0.491. The van der Waals surface area contributed by atoms with Gasteiger partial charge in [-0.3, -0.25) is 29.2 Å². The summed E-state index contributed by atoms with van der Waals surface area (Å²) in [6.45, 7) is 12.8. The quantitative estimate of drug-likeness (QED) is 0.0453. The first-order chi connectivity index (χ1) is 35.8. The summed E-state index contributed by atoms with van der Waals surface area (Å²) in [6, 6.07) is 12.8. The van der Waals surface area contributed by atoms with E-state index in [4.69, 9.17) is 47.9 Å². The molecule has 0 spiro atoms. The molecule has 3 amide bonds. The lowest BCUT2D eigenvalue weighted by molar-refractivity contribution is -0.142. The van der Waals surface area contributed by atoms with Crippen LogP contribution in [0.3, 0.4) is 0 Å². The van der Waals surface area contributed by atoms with Gasteiger partial charge in [-0.05, 0) is 75.4 Å². The van der Waals surface area contributed by atoms with Gasteiger partial charge in [-0.2, -0.15) is 0 Å². The zero-order valence-electron chi connectivity index (χ0n) is 43.5. The lowest BCUT2D eigenvalue weighted by Crippen LogP contribution is -2.35. The van der Waals surface area contributed by atoms with Crippen LogP contribution in [0.1, 0.15) is 84.4 Å².